The van der Waals surface area contributed by atoms with Crippen LogP contribution in [0.2, 0.25) is 0 Å². The van der Waals surface area contributed by atoms with Gasteiger partial charge in [-0.2, -0.15) is 4.31 Å². The van der Waals surface area contributed by atoms with E-state index >= 15 is 0 Å². The highest BCUT2D eigenvalue weighted by atomic mass is 32.2. The predicted octanol–water partition coefficient (Wildman–Crippen LogP) is 2.07. The Hall–Kier alpha value is -1.48. The molecule has 0 unspecified atom stereocenters. The summed E-state index contributed by atoms with van der Waals surface area (Å²) in [4.78, 5) is 14.8. The van der Waals surface area contributed by atoms with E-state index in [1.807, 2.05) is 34.6 Å². The van der Waals surface area contributed by atoms with Gasteiger partial charge in [0.15, 0.2) is 0 Å². The number of sulfonamides is 1. The van der Waals surface area contributed by atoms with Gasteiger partial charge in [-0.1, -0.05) is 19.9 Å². The molecule has 0 aliphatic carbocycles. The fourth-order valence-corrected chi connectivity index (χ4v) is 4.90. The number of carbonyl (C=O) groups is 1. The second kappa shape index (κ2) is 9.14. The van der Waals surface area contributed by atoms with Crippen LogP contribution in [0.3, 0.4) is 0 Å². The maximum Gasteiger partial charge on any atom is 0.243 e. The lowest BCUT2D eigenvalue weighted by atomic mass is 10.2. The van der Waals surface area contributed by atoms with Gasteiger partial charge in [0, 0.05) is 31.9 Å². The first kappa shape index (κ1) is 21.8. The van der Waals surface area contributed by atoms with Gasteiger partial charge in [-0.3, -0.25) is 9.69 Å². The van der Waals surface area contributed by atoms with Crippen LogP contribution in [-0.4, -0.2) is 68.5 Å². The molecule has 8 heteroatoms. The van der Waals surface area contributed by atoms with Crippen molar-refractivity contribution >= 4 is 21.6 Å². The molecule has 0 spiro atoms. The van der Waals surface area contributed by atoms with E-state index in [4.69, 9.17) is 4.74 Å². The van der Waals surface area contributed by atoms with Crippen molar-refractivity contribution in [1.29, 1.82) is 0 Å². The highest BCUT2D eigenvalue weighted by Gasteiger charge is 2.25. The second-order valence-corrected chi connectivity index (χ2v) is 9.00. The molecule has 1 aromatic carbocycles. The van der Waals surface area contributed by atoms with Gasteiger partial charge in [0.2, 0.25) is 15.9 Å². The molecular formula is C19H31N3O4S. The molecule has 1 aromatic rings. The Balaban J connectivity index is 2.13. The Kier molecular flexibility index (Phi) is 7.39. The van der Waals surface area contributed by atoms with E-state index in [2.05, 4.69) is 10.2 Å². The third kappa shape index (κ3) is 5.51. The number of rotatable bonds is 7. The van der Waals surface area contributed by atoms with Crippen LogP contribution in [0.5, 0.6) is 0 Å². The van der Waals surface area contributed by atoms with Crippen molar-refractivity contribution < 1.29 is 17.9 Å². The third-order valence-corrected chi connectivity index (χ3v) is 6.73. The number of benzene rings is 1. The Morgan fingerprint density at radius 1 is 1.22 bits per heavy atom. The number of anilines is 1. The smallest absolute Gasteiger partial charge is 0.243 e. The molecule has 1 aliphatic heterocycles. The van der Waals surface area contributed by atoms with E-state index in [9.17, 15) is 13.2 Å². The van der Waals surface area contributed by atoms with E-state index in [1.165, 1.54) is 4.31 Å². The number of hydrogen-bond donors (Lipinski definition) is 1. The lowest BCUT2D eigenvalue weighted by Crippen LogP contribution is -2.48. The highest BCUT2D eigenvalue weighted by Crippen LogP contribution is 2.23. The van der Waals surface area contributed by atoms with Crippen molar-refractivity contribution in [1.82, 2.24) is 9.21 Å². The number of aryl methyl sites for hydroxylation is 1. The minimum absolute atomic E-state index is 0.0887. The van der Waals surface area contributed by atoms with Crippen molar-refractivity contribution in [3.8, 4) is 0 Å². The van der Waals surface area contributed by atoms with Crippen LogP contribution < -0.4 is 5.32 Å². The quantitative estimate of drug-likeness (QED) is 0.762. The second-order valence-electron chi connectivity index (χ2n) is 7.07. The van der Waals surface area contributed by atoms with E-state index in [-0.39, 0.29) is 29.6 Å². The molecular weight excluding hydrogens is 366 g/mol. The molecule has 1 N–H and O–H groups in total. The summed E-state index contributed by atoms with van der Waals surface area (Å²) in [6.45, 7) is 11.9. The summed E-state index contributed by atoms with van der Waals surface area (Å²) in [6, 6.07) is 4.86. The van der Waals surface area contributed by atoms with Gasteiger partial charge in [0.25, 0.3) is 0 Å². The Morgan fingerprint density at radius 2 is 1.81 bits per heavy atom. The zero-order valence-corrected chi connectivity index (χ0v) is 17.7. The Morgan fingerprint density at radius 3 is 2.37 bits per heavy atom. The first-order valence-electron chi connectivity index (χ1n) is 9.45. The average Bonchev–Trinajstić information content (AvgIpc) is 2.56. The first-order valence-corrected chi connectivity index (χ1v) is 10.9. The lowest BCUT2D eigenvalue weighted by Gasteiger charge is -2.34. The number of hydrogen-bond acceptors (Lipinski definition) is 5. The van der Waals surface area contributed by atoms with E-state index in [1.54, 1.807) is 18.2 Å². The Labute approximate surface area is 162 Å². The monoisotopic (exact) mass is 397 g/mol. The fraction of sp³-hybridized carbons (Fsp3) is 0.632. The number of nitrogens with zero attached hydrogens (tertiary/aromatic N) is 2. The minimum atomic E-state index is -3.56. The predicted molar refractivity (Wildman–Crippen MR) is 106 cm³/mol. The summed E-state index contributed by atoms with van der Waals surface area (Å²) < 4.78 is 32.5. The van der Waals surface area contributed by atoms with Crippen molar-refractivity contribution in [3.05, 3.63) is 23.8 Å². The molecule has 27 heavy (non-hydrogen) atoms. The van der Waals surface area contributed by atoms with Crippen LogP contribution in [0.25, 0.3) is 0 Å². The van der Waals surface area contributed by atoms with E-state index in [0.717, 1.165) is 5.56 Å². The highest BCUT2D eigenvalue weighted by molar-refractivity contribution is 7.89. The Bertz CT molecular complexity index is 752. The molecule has 1 aliphatic rings. The molecule has 152 valence electrons. The zero-order valence-electron chi connectivity index (χ0n) is 16.9. The molecule has 1 amide bonds. The van der Waals surface area contributed by atoms with Crippen molar-refractivity contribution in [3.63, 3.8) is 0 Å². The molecule has 2 atom stereocenters. The fourth-order valence-electron chi connectivity index (χ4n) is 3.42. The van der Waals surface area contributed by atoms with Crippen LogP contribution in [-0.2, 0) is 19.6 Å². The molecule has 2 rings (SSSR count). The first-order chi connectivity index (χ1) is 12.7. The van der Waals surface area contributed by atoms with E-state index < -0.39 is 10.0 Å². The van der Waals surface area contributed by atoms with Crippen molar-refractivity contribution in [2.75, 3.05) is 38.0 Å². The number of carbonyl (C=O) groups excluding carboxylic acids is 1. The normalized spacial score (nSPS) is 21.4. The molecule has 0 bridgehead atoms. The lowest BCUT2D eigenvalue weighted by molar-refractivity contribution is -0.121. The average molecular weight is 398 g/mol. The standard InChI is InChI=1S/C19H31N3O4S/c1-6-22(7-2)27(24,25)17-9-8-14(3)18(10-17)20-19(23)13-21-11-15(4)26-16(5)12-21/h8-10,15-16H,6-7,11-13H2,1-5H3,(H,20,23)/t15-,16-/m1/s1. The van der Waals surface area contributed by atoms with Crippen molar-refractivity contribution in [2.24, 2.45) is 0 Å². The number of ether oxygens (including phenoxy) is 1. The van der Waals surface area contributed by atoms with Gasteiger partial charge in [0.05, 0.1) is 23.6 Å². The molecule has 0 radical (unpaired) electrons. The number of morpholine rings is 1. The summed E-state index contributed by atoms with van der Waals surface area (Å²) in [5, 5.41) is 2.87. The summed E-state index contributed by atoms with van der Waals surface area (Å²) in [5.41, 5.74) is 1.35. The van der Waals surface area contributed by atoms with Crippen molar-refractivity contribution in [2.45, 2.75) is 51.7 Å². The van der Waals surface area contributed by atoms with Gasteiger partial charge in [-0.25, -0.2) is 8.42 Å². The van der Waals surface area contributed by atoms with Crippen LogP contribution >= 0.6 is 0 Å². The van der Waals surface area contributed by atoms with Gasteiger partial charge in [0.1, 0.15) is 0 Å². The van der Waals surface area contributed by atoms with Crippen LogP contribution in [0.4, 0.5) is 5.69 Å². The summed E-state index contributed by atoms with van der Waals surface area (Å²) in [5.74, 6) is -0.156. The van der Waals surface area contributed by atoms with Crippen LogP contribution in [0.15, 0.2) is 23.1 Å². The van der Waals surface area contributed by atoms with Gasteiger partial charge in [-0.05, 0) is 38.5 Å². The van der Waals surface area contributed by atoms with E-state index in [0.29, 0.717) is 31.9 Å². The molecule has 0 aromatic heterocycles. The topological polar surface area (TPSA) is 79.0 Å². The SMILES string of the molecule is CCN(CC)S(=O)(=O)c1ccc(C)c(NC(=O)CN2C[C@@H](C)O[C@H](C)C2)c1. The minimum Gasteiger partial charge on any atom is -0.373 e. The van der Waals surface area contributed by atoms with Crippen LogP contribution in [0, 0.1) is 6.92 Å². The largest absolute Gasteiger partial charge is 0.373 e. The van der Waals surface area contributed by atoms with Gasteiger partial charge >= 0.3 is 0 Å². The zero-order chi connectivity index (χ0) is 20.2. The van der Waals surface area contributed by atoms with Gasteiger partial charge < -0.3 is 10.1 Å². The third-order valence-electron chi connectivity index (χ3n) is 4.69. The molecule has 0 saturated carbocycles. The summed E-state index contributed by atoms with van der Waals surface area (Å²) >= 11 is 0. The molecule has 7 nitrogen and oxygen atoms in total. The molecule has 1 fully saturated rings. The van der Waals surface area contributed by atoms with Gasteiger partial charge in [-0.15, -0.1) is 0 Å². The van der Waals surface area contributed by atoms with Crippen LogP contribution in [0.1, 0.15) is 33.3 Å². The maximum absolute atomic E-state index is 12.7. The number of nitrogens with one attached hydrogen (secondary N) is 1. The summed E-state index contributed by atoms with van der Waals surface area (Å²) in [6.07, 6.45) is 0.177. The number of amides is 1. The molecule has 1 heterocycles. The maximum atomic E-state index is 12.7. The summed E-state index contributed by atoms with van der Waals surface area (Å²) in [7, 11) is -3.56. The molecule has 1 saturated heterocycles.